The highest BCUT2D eigenvalue weighted by molar-refractivity contribution is 7.85. The first kappa shape index (κ1) is 13.6. The van der Waals surface area contributed by atoms with Crippen LogP contribution >= 0.6 is 0 Å². The van der Waals surface area contributed by atoms with Crippen molar-refractivity contribution in [2.24, 2.45) is 4.99 Å². The topological polar surface area (TPSA) is 58.1 Å². The number of para-hydroxylation sites is 1. The van der Waals surface area contributed by atoms with Gasteiger partial charge in [-0.25, -0.2) is 4.98 Å². The van der Waals surface area contributed by atoms with Crippen molar-refractivity contribution in [3.8, 4) is 0 Å². The summed E-state index contributed by atoms with van der Waals surface area (Å²) in [6.45, 7) is 2.02. The molecule has 0 fully saturated rings. The molecule has 3 atom stereocenters. The van der Waals surface area contributed by atoms with Crippen molar-refractivity contribution < 1.29 is 4.21 Å². The van der Waals surface area contributed by atoms with Gasteiger partial charge in [-0.1, -0.05) is 24.3 Å². The lowest BCUT2D eigenvalue weighted by Crippen LogP contribution is -2.24. The van der Waals surface area contributed by atoms with Gasteiger partial charge < -0.3 is 4.98 Å². The number of imidazole rings is 1. The highest BCUT2D eigenvalue weighted by Gasteiger charge is 2.27. The molecule has 5 heteroatoms. The van der Waals surface area contributed by atoms with Gasteiger partial charge >= 0.3 is 0 Å². The molecule has 0 saturated carbocycles. The van der Waals surface area contributed by atoms with Crippen LogP contribution in [0.1, 0.15) is 18.4 Å². The molecule has 1 N–H and O–H groups in total. The summed E-state index contributed by atoms with van der Waals surface area (Å²) in [5.74, 6) is 0. The number of aromatic amines is 1. The Bertz CT molecular complexity index is 847. The second kappa shape index (κ2) is 5.32. The van der Waals surface area contributed by atoms with Gasteiger partial charge in [-0.3, -0.25) is 9.20 Å². The number of aromatic nitrogens is 2. The van der Waals surface area contributed by atoms with Crippen molar-refractivity contribution in [3.05, 3.63) is 47.6 Å². The Hall–Kier alpha value is -2.01. The average Bonchev–Trinajstić information content (AvgIpc) is 2.99. The van der Waals surface area contributed by atoms with Crippen molar-refractivity contribution >= 4 is 28.0 Å². The third-order valence-electron chi connectivity index (χ3n) is 4.29. The number of dihydropyridines is 1. The molecule has 112 valence electrons. The third-order valence-corrected chi connectivity index (χ3v) is 5.78. The SMILES string of the molecule is Cc1cccc2[nH]c(S(=O)C3C=C4C=CC=NC4CC3)nc12. The largest absolute Gasteiger partial charge is 0.331 e. The summed E-state index contributed by atoms with van der Waals surface area (Å²) in [7, 11) is -1.15. The molecule has 2 aromatic rings. The normalized spacial score (nSPS) is 25.0. The number of nitrogens with zero attached hydrogens (tertiary/aromatic N) is 2. The zero-order valence-corrected chi connectivity index (χ0v) is 13.1. The van der Waals surface area contributed by atoms with Crippen LogP contribution in [0.5, 0.6) is 0 Å². The van der Waals surface area contributed by atoms with Gasteiger partial charge in [0.25, 0.3) is 0 Å². The number of rotatable bonds is 2. The molecule has 0 amide bonds. The maximum atomic E-state index is 12.9. The molecule has 0 spiro atoms. The van der Waals surface area contributed by atoms with Gasteiger partial charge in [-0.05, 0) is 43.0 Å². The molecule has 2 heterocycles. The second-order valence-corrected chi connectivity index (χ2v) is 7.35. The molecule has 3 unspecified atom stereocenters. The Kier molecular flexibility index (Phi) is 3.30. The Balaban J connectivity index is 1.67. The van der Waals surface area contributed by atoms with Crippen LogP contribution in [0.15, 0.2) is 52.1 Å². The molecule has 0 saturated heterocycles. The van der Waals surface area contributed by atoms with Crippen LogP contribution in [0.4, 0.5) is 0 Å². The molecule has 1 aliphatic heterocycles. The molecular formula is C17H17N3OS. The van der Waals surface area contributed by atoms with Crippen molar-refractivity contribution in [1.29, 1.82) is 0 Å². The predicted octanol–water partition coefficient (Wildman–Crippen LogP) is 3.08. The fraction of sp³-hybridized carbons (Fsp3) is 0.294. The van der Waals surface area contributed by atoms with E-state index in [1.165, 1.54) is 5.57 Å². The maximum Gasteiger partial charge on any atom is 0.198 e. The number of aryl methyl sites for hydroxylation is 1. The summed E-state index contributed by atoms with van der Waals surface area (Å²) < 4.78 is 12.9. The summed E-state index contributed by atoms with van der Waals surface area (Å²) >= 11 is 0. The smallest absolute Gasteiger partial charge is 0.198 e. The Morgan fingerprint density at radius 2 is 2.23 bits per heavy atom. The molecule has 1 aromatic carbocycles. The minimum absolute atomic E-state index is 0.00469. The zero-order valence-electron chi connectivity index (χ0n) is 12.3. The van der Waals surface area contributed by atoms with Gasteiger partial charge in [-0.15, -0.1) is 0 Å². The van der Waals surface area contributed by atoms with E-state index in [0.717, 1.165) is 29.4 Å². The minimum Gasteiger partial charge on any atom is -0.331 e. The van der Waals surface area contributed by atoms with E-state index >= 15 is 0 Å². The summed E-state index contributed by atoms with van der Waals surface area (Å²) in [6, 6.07) is 6.23. The molecule has 22 heavy (non-hydrogen) atoms. The van der Waals surface area contributed by atoms with Crippen LogP contribution in [0.25, 0.3) is 11.0 Å². The first-order valence-electron chi connectivity index (χ1n) is 7.50. The third kappa shape index (κ3) is 2.25. The molecule has 1 aliphatic carbocycles. The zero-order chi connectivity index (χ0) is 15.1. The molecule has 2 aliphatic rings. The van der Waals surface area contributed by atoms with Crippen LogP contribution in [0.3, 0.4) is 0 Å². The highest BCUT2D eigenvalue weighted by atomic mass is 32.2. The number of aliphatic imine (C=N–C) groups is 1. The molecule has 4 rings (SSSR count). The Labute approximate surface area is 131 Å². The number of benzene rings is 1. The summed E-state index contributed by atoms with van der Waals surface area (Å²) in [6.07, 6.45) is 9.80. The fourth-order valence-electron chi connectivity index (χ4n) is 3.09. The number of hydrogen-bond donors (Lipinski definition) is 1. The number of hydrogen-bond acceptors (Lipinski definition) is 3. The van der Waals surface area contributed by atoms with Crippen LogP contribution in [-0.4, -0.2) is 31.7 Å². The van der Waals surface area contributed by atoms with Crippen molar-refractivity contribution in [1.82, 2.24) is 9.97 Å². The number of allylic oxidation sites excluding steroid dienone is 1. The van der Waals surface area contributed by atoms with E-state index in [-0.39, 0.29) is 11.3 Å². The van der Waals surface area contributed by atoms with Crippen LogP contribution in [-0.2, 0) is 10.8 Å². The summed E-state index contributed by atoms with van der Waals surface area (Å²) in [5.41, 5.74) is 4.14. The highest BCUT2D eigenvalue weighted by Crippen LogP contribution is 2.29. The maximum absolute atomic E-state index is 12.9. The quantitative estimate of drug-likeness (QED) is 0.926. The second-order valence-electron chi connectivity index (χ2n) is 5.77. The van der Waals surface area contributed by atoms with E-state index in [0.29, 0.717) is 5.16 Å². The number of H-pyrrole nitrogens is 1. The minimum atomic E-state index is -1.15. The van der Waals surface area contributed by atoms with Gasteiger partial charge in [-0.2, -0.15) is 0 Å². The average molecular weight is 311 g/mol. The van der Waals surface area contributed by atoms with Crippen LogP contribution in [0, 0.1) is 6.92 Å². The van der Waals surface area contributed by atoms with Crippen LogP contribution < -0.4 is 0 Å². The van der Waals surface area contributed by atoms with E-state index < -0.39 is 10.8 Å². The Morgan fingerprint density at radius 1 is 1.32 bits per heavy atom. The van der Waals surface area contributed by atoms with E-state index in [2.05, 4.69) is 27.1 Å². The van der Waals surface area contributed by atoms with E-state index in [9.17, 15) is 4.21 Å². The Morgan fingerprint density at radius 3 is 3.09 bits per heavy atom. The standard InChI is InChI=1S/C17H17N3OS/c1-11-4-2-6-15-16(11)20-17(19-15)22(21)13-7-8-14-12(10-13)5-3-9-18-14/h2-6,9-10,13-14H,7-8H2,1H3,(H,19,20). The van der Waals surface area contributed by atoms with Gasteiger partial charge in [0.05, 0.1) is 33.1 Å². The van der Waals surface area contributed by atoms with Crippen molar-refractivity contribution in [2.75, 3.05) is 0 Å². The van der Waals surface area contributed by atoms with Crippen LogP contribution in [0.2, 0.25) is 0 Å². The number of nitrogens with one attached hydrogen (secondary N) is 1. The molecule has 4 nitrogen and oxygen atoms in total. The summed E-state index contributed by atoms with van der Waals surface area (Å²) in [4.78, 5) is 12.2. The van der Waals surface area contributed by atoms with Gasteiger partial charge in [0, 0.05) is 6.21 Å². The lowest BCUT2D eigenvalue weighted by Gasteiger charge is -2.25. The number of fused-ring (bicyclic) bond motifs is 2. The van der Waals surface area contributed by atoms with E-state index in [1.54, 1.807) is 0 Å². The first-order chi connectivity index (χ1) is 10.7. The van der Waals surface area contributed by atoms with Crippen molar-refractivity contribution in [3.63, 3.8) is 0 Å². The van der Waals surface area contributed by atoms with Crippen molar-refractivity contribution in [2.45, 2.75) is 36.2 Å². The van der Waals surface area contributed by atoms with Gasteiger partial charge in [0.2, 0.25) is 0 Å². The van der Waals surface area contributed by atoms with Gasteiger partial charge in [0.1, 0.15) is 0 Å². The van der Waals surface area contributed by atoms with E-state index in [1.807, 2.05) is 37.4 Å². The molecular weight excluding hydrogens is 294 g/mol. The molecule has 0 bridgehead atoms. The fourth-order valence-corrected chi connectivity index (χ4v) is 4.40. The predicted molar refractivity (Wildman–Crippen MR) is 89.8 cm³/mol. The lowest BCUT2D eigenvalue weighted by atomic mass is 9.93. The lowest BCUT2D eigenvalue weighted by molar-refractivity contribution is 0.612. The first-order valence-corrected chi connectivity index (χ1v) is 8.71. The molecule has 0 radical (unpaired) electrons. The summed E-state index contributed by atoms with van der Waals surface area (Å²) in [5, 5.41) is 0.581. The van der Waals surface area contributed by atoms with Gasteiger partial charge in [0.15, 0.2) is 5.16 Å². The molecule has 1 aromatic heterocycles. The monoisotopic (exact) mass is 311 g/mol. The van der Waals surface area contributed by atoms with E-state index in [4.69, 9.17) is 0 Å².